The highest BCUT2D eigenvalue weighted by Crippen LogP contribution is 2.28. The largest absolute Gasteiger partial charge is 0.493 e. The average molecular weight is 350 g/mol. The zero-order chi connectivity index (χ0) is 18.4. The van der Waals surface area contributed by atoms with Crippen molar-refractivity contribution in [3.05, 3.63) is 66.9 Å². The molecule has 0 fully saturated rings. The standard InChI is InChI=1S/C19H18N4O3/c1-3-12-26-15-9-7-14(13-16(15)25-2)8-10-18(24)20-19-22-21-17-6-4-5-11-23(17)19/h3-11,13H,1,12H2,2H3,(H,20,22,24)/b10-8+. The topological polar surface area (TPSA) is 77.8 Å². The number of ether oxygens (including phenoxy) is 2. The summed E-state index contributed by atoms with van der Waals surface area (Å²) in [6, 6.07) is 10.9. The number of carbonyl (C=O) groups is 1. The van der Waals surface area contributed by atoms with Crippen molar-refractivity contribution in [2.24, 2.45) is 0 Å². The molecule has 0 spiro atoms. The van der Waals surface area contributed by atoms with Gasteiger partial charge in [-0.1, -0.05) is 24.8 Å². The predicted molar refractivity (Wildman–Crippen MR) is 99.3 cm³/mol. The molecule has 0 aliphatic carbocycles. The van der Waals surface area contributed by atoms with Crippen molar-refractivity contribution in [1.82, 2.24) is 14.6 Å². The van der Waals surface area contributed by atoms with Gasteiger partial charge in [0.25, 0.3) is 5.91 Å². The van der Waals surface area contributed by atoms with E-state index in [2.05, 4.69) is 22.1 Å². The van der Waals surface area contributed by atoms with Gasteiger partial charge in [-0.3, -0.25) is 14.5 Å². The molecule has 2 aromatic heterocycles. The molecule has 132 valence electrons. The monoisotopic (exact) mass is 350 g/mol. The second-order valence-corrected chi connectivity index (χ2v) is 5.29. The van der Waals surface area contributed by atoms with Crippen molar-refractivity contribution in [3.8, 4) is 11.5 Å². The summed E-state index contributed by atoms with van der Waals surface area (Å²) >= 11 is 0. The summed E-state index contributed by atoms with van der Waals surface area (Å²) in [6.45, 7) is 4.00. The van der Waals surface area contributed by atoms with Crippen LogP contribution in [0.2, 0.25) is 0 Å². The number of amides is 1. The highest BCUT2D eigenvalue weighted by molar-refractivity contribution is 6.01. The Morgan fingerprint density at radius 1 is 1.27 bits per heavy atom. The number of hydrogen-bond donors (Lipinski definition) is 1. The number of fused-ring (bicyclic) bond motifs is 1. The maximum Gasteiger partial charge on any atom is 0.250 e. The van der Waals surface area contributed by atoms with E-state index in [-0.39, 0.29) is 5.91 Å². The van der Waals surface area contributed by atoms with Gasteiger partial charge in [-0.25, -0.2) is 0 Å². The molecular formula is C19H18N4O3. The summed E-state index contributed by atoms with van der Waals surface area (Å²) in [4.78, 5) is 12.1. The molecule has 0 atom stereocenters. The fraction of sp³-hybridized carbons (Fsp3) is 0.105. The summed E-state index contributed by atoms with van der Waals surface area (Å²) in [5.74, 6) is 1.25. The number of pyridine rings is 1. The highest BCUT2D eigenvalue weighted by atomic mass is 16.5. The van der Waals surface area contributed by atoms with Crippen LogP contribution in [0, 0.1) is 0 Å². The van der Waals surface area contributed by atoms with Crippen LogP contribution in [0.3, 0.4) is 0 Å². The smallest absolute Gasteiger partial charge is 0.250 e. The third-order valence-electron chi connectivity index (χ3n) is 3.52. The van der Waals surface area contributed by atoms with E-state index in [4.69, 9.17) is 9.47 Å². The average Bonchev–Trinajstić information content (AvgIpc) is 3.08. The van der Waals surface area contributed by atoms with E-state index in [0.717, 1.165) is 5.56 Å². The van der Waals surface area contributed by atoms with Gasteiger partial charge in [0.1, 0.15) is 6.61 Å². The minimum atomic E-state index is -0.311. The Labute approximate surface area is 150 Å². The van der Waals surface area contributed by atoms with Crippen molar-refractivity contribution in [1.29, 1.82) is 0 Å². The van der Waals surface area contributed by atoms with Crippen LogP contribution < -0.4 is 14.8 Å². The number of carbonyl (C=O) groups excluding carboxylic acids is 1. The number of rotatable bonds is 7. The zero-order valence-electron chi connectivity index (χ0n) is 14.3. The molecule has 0 bridgehead atoms. The van der Waals surface area contributed by atoms with Gasteiger partial charge in [0.2, 0.25) is 5.95 Å². The maximum atomic E-state index is 12.1. The zero-order valence-corrected chi connectivity index (χ0v) is 14.3. The van der Waals surface area contributed by atoms with E-state index in [1.807, 2.05) is 18.2 Å². The fourth-order valence-corrected chi connectivity index (χ4v) is 2.31. The van der Waals surface area contributed by atoms with Crippen LogP contribution in [0.15, 0.2) is 61.3 Å². The molecule has 7 nitrogen and oxygen atoms in total. The Balaban J connectivity index is 1.70. The quantitative estimate of drug-likeness (QED) is 0.524. The molecule has 7 heteroatoms. The number of anilines is 1. The molecule has 0 unspecified atom stereocenters. The fourth-order valence-electron chi connectivity index (χ4n) is 2.31. The predicted octanol–water partition coefficient (Wildman–Crippen LogP) is 2.95. The normalized spacial score (nSPS) is 10.8. The van der Waals surface area contributed by atoms with Crippen LogP contribution in [0.4, 0.5) is 5.95 Å². The summed E-state index contributed by atoms with van der Waals surface area (Å²) in [7, 11) is 1.56. The summed E-state index contributed by atoms with van der Waals surface area (Å²) in [6.07, 6.45) is 6.54. The van der Waals surface area contributed by atoms with Crippen molar-refractivity contribution in [3.63, 3.8) is 0 Å². The second-order valence-electron chi connectivity index (χ2n) is 5.29. The molecule has 0 saturated heterocycles. The lowest BCUT2D eigenvalue weighted by atomic mass is 10.2. The number of methoxy groups -OCH3 is 1. The minimum absolute atomic E-state index is 0.311. The first-order valence-electron chi connectivity index (χ1n) is 7.92. The van der Waals surface area contributed by atoms with Crippen molar-refractivity contribution in [2.75, 3.05) is 19.0 Å². The summed E-state index contributed by atoms with van der Waals surface area (Å²) < 4.78 is 12.5. The molecule has 1 aromatic carbocycles. The van der Waals surface area contributed by atoms with Gasteiger partial charge in [0.05, 0.1) is 7.11 Å². The molecule has 0 radical (unpaired) electrons. The molecular weight excluding hydrogens is 332 g/mol. The number of nitrogens with one attached hydrogen (secondary N) is 1. The maximum absolute atomic E-state index is 12.1. The van der Waals surface area contributed by atoms with E-state index < -0.39 is 0 Å². The Morgan fingerprint density at radius 2 is 2.15 bits per heavy atom. The van der Waals surface area contributed by atoms with Crippen LogP contribution in [0.25, 0.3) is 11.7 Å². The third kappa shape index (κ3) is 3.89. The Bertz CT molecular complexity index is 962. The van der Waals surface area contributed by atoms with E-state index in [1.54, 1.807) is 48.1 Å². The van der Waals surface area contributed by atoms with Crippen molar-refractivity contribution < 1.29 is 14.3 Å². The Kier molecular flexibility index (Phi) is 5.28. The molecule has 0 saturated carbocycles. The van der Waals surface area contributed by atoms with Crippen molar-refractivity contribution in [2.45, 2.75) is 0 Å². The van der Waals surface area contributed by atoms with E-state index in [0.29, 0.717) is 29.7 Å². The van der Waals surface area contributed by atoms with Gasteiger partial charge in [0, 0.05) is 12.3 Å². The molecule has 0 aliphatic heterocycles. The lowest BCUT2D eigenvalue weighted by Gasteiger charge is -2.09. The van der Waals surface area contributed by atoms with Gasteiger partial charge >= 0.3 is 0 Å². The van der Waals surface area contributed by atoms with Crippen LogP contribution in [0.1, 0.15) is 5.56 Å². The molecule has 2 heterocycles. The van der Waals surface area contributed by atoms with Crippen LogP contribution in [-0.2, 0) is 4.79 Å². The van der Waals surface area contributed by atoms with Crippen molar-refractivity contribution >= 4 is 23.6 Å². The molecule has 3 rings (SSSR count). The van der Waals surface area contributed by atoms with E-state index >= 15 is 0 Å². The van der Waals surface area contributed by atoms with Crippen LogP contribution in [0.5, 0.6) is 11.5 Å². The Hall–Kier alpha value is -3.61. The lowest BCUT2D eigenvalue weighted by molar-refractivity contribution is -0.111. The van der Waals surface area contributed by atoms with Gasteiger partial charge in [-0.15, -0.1) is 10.2 Å². The van der Waals surface area contributed by atoms with E-state index in [1.165, 1.54) is 6.08 Å². The highest BCUT2D eigenvalue weighted by Gasteiger charge is 2.07. The van der Waals surface area contributed by atoms with Gasteiger partial charge in [-0.2, -0.15) is 0 Å². The number of hydrogen-bond acceptors (Lipinski definition) is 5. The van der Waals surface area contributed by atoms with Gasteiger partial charge in [0.15, 0.2) is 17.1 Å². The third-order valence-corrected chi connectivity index (χ3v) is 3.52. The molecule has 0 aliphatic rings. The minimum Gasteiger partial charge on any atom is -0.493 e. The van der Waals surface area contributed by atoms with Crippen LogP contribution in [-0.4, -0.2) is 34.2 Å². The number of nitrogens with zero attached hydrogens (tertiary/aromatic N) is 3. The summed E-state index contributed by atoms with van der Waals surface area (Å²) in [5.41, 5.74) is 1.46. The molecule has 3 aromatic rings. The lowest BCUT2D eigenvalue weighted by Crippen LogP contribution is -2.10. The van der Waals surface area contributed by atoms with Crippen LogP contribution >= 0.6 is 0 Å². The first-order valence-corrected chi connectivity index (χ1v) is 7.92. The number of benzene rings is 1. The second kappa shape index (κ2) is 7.98. The SMILES string of the molecule is C=CCOc1ccc(/C=C/C(=O)Nc2nnc3ccccn23)cc1OC. The molecule has 1 amide bonds. The Morgan fingerprint density at radius 3 is 2.96 bits per heavy atom. The number of aromatic nitrogens is 3. The molecule has 26 heavy (non-hydrogen) atoms. The first kappa shape index (κ1) is 17.2. The first-order chi connectivity index (χ1) is 12.7. The molecule has 1 N–H and O–H groups in total. The van der Waals surface area contributed by atoms with E-state index in [9.17, 15) is 4.79 Å². The van der Waals surface area contributed by atoms with Gasteiger partial charge < -0.3 is 9.47 Å². The van der Waals surface area contributed by atoms with Gasteiger partial charge in [-0.05, 0) is 35.9 Å². The summed E-state index contributed by atoms with van der Waals surface area (Å²) in [5, 5.41) is 10.6.